The number of aromatic nitrogens is 1. The molecule has 0 amide bonds. The van der Waals surface area contributed by atoms with Crippen molar-refractivity contribution in [1.82, 2.24) is 4.98 Å². The third-order valence-electron chi connectivity index (χ3n) is 3.42. The van der Waals surface area contributed by atoms with Crippen molar-refractivity contribution in [3.63, 3.8) is 0 Å². The summed E-state index contributed by atoms with van der Waals surface area (Å²) in [5.41, 5.74) is 1.62. The van der Waals surface area contributed by atoms with Crippen molar-refractivity contribution in [2.24, 2.45) is 15.0 Å². The number of hydrogen-bond acceptors (Lipinski definition) is 6. The maximum Gasteiger partial charge on any atom is 0.107 e. The van der Waals surface area contributed by atoms with Crippen LogP contribution >= 0.6 is 0 Å². The first-order valence-corrected chi connectivity index (χ1v) is 7.88. The van der Waals surface area contributed by atoms with Gasteiger partial charge in [0.25, 0.3) is 0 Å². The summed E-state index contributed by atoms with van der Waals surface area (Å²) >= 11 is 0. The van der Waals surface area contributed by atoms with E-state index in [2.05, 4.69) is 26.0 Å². The lowest BCUT2D eigenvalue weighted by Crippen LogP contribution is -2.23. The zero-order valence-electron chi connectivity index (χ0n) is 13.9. The first-order valence-electron chi connectivity index (χ1n) is 7.88. The van der Waals surface area contributed by atoms with Crippen molar-refractivity contribution in [2.45, 2.75) is 0 Å². The quantitative estimate of drug-likeness (QED) is 0.737. The molecule has 0 fully saturated rings. The van der Waals surface area contributed by atoms with E-state index in [1.165, 1.54) is 6.20 Å². The smallest absolute Gasteiger partial charge is 0.107 e. The maximum atomic E-state index is 9.42. The summed E-state index contributed by atoms with van der Waals surface area (Å²) in [5, 5.41) is 10.9. The molecule has 1 aliphatic heterocycles. The van der Waals surface area contributed by atoms with Crippen LogP contribution < -0.4 is 10.6 Å². The fourth-order valence-electron chi connectivity index (χ4n) is 2.20. The molecular weight excluding hydrogens is 326 g/mol. The van der Waals surface area contributed by atoms with E-state index in [1.807, 2.05) is 24.3 Å². The van der Waals surface area contributed by atoms with Crippen LogP contribution in [0.2, 0.25) is 0 Å². The Morgan fingerprint density at radius 3 is 2.88 bits per heavy atom. The monoisotopic (exact) mass is 341 g/mol. The van der Waals surface area contributed by atoms with E-state index in [0.29, 0.717) is 28.8 Å². The number of benzene rings is 1. The molecule has 6 heteroatoms. The molecule has 6 nitrogen and oxygen atoms in total. The molecule has 0 unspecified atom stereocenters. The molecule has 0 saturated carbocycles. The number of fused-ring (bicyclic) bond motifs is 2. The Labute approximate surface area is 150 Å². The summed E-state index contributed by atoms with van der Waals surface area (Å²) in [7, 11) is 0. The molecule has 0 atom stereocenters. The maximum absolute atomic E-state index is 9.42. The van der Waals surface area contributed by atoms with Crippen LogP contribution in [-0.4, -0.2) is 24.0 Å². The van der Waals surface area contributed by atoms with Gasteiger partial charge in [0.1, 0.15) is 12.7 Å². The first-order chi connectivity index (χ1) is 12.9. The zero-order chi connectivity index (χ0) is 18.0. The number of aliphatic imine (C=N–C) groups is 2. The average Bonchev–Trinajstić information content (AvgIpc) is 2.67. The van der Waals surface area contributed by atoms with Gasteiger partial charge in [0.2, 0.25) is 0 Å². The van der Waals surface area contributed by atoms with Gasteiger partial charge in [-0.05, 0) is 18.2 Å². The lowest BCUT2D eigenvalue weighted by molar-refractivity contribution is 0.292. The molecule has 1 aromatic heterocycles. The molecule has 0 N–H and O–H groups in total. The van der Waals surface area contributed by atoms with Crippen LogP contribution in [0.25, 0.3) is 12.3 Å². The summed E-state index contributed by atoms with van der Waals surface area (Å²) in [6, 6.07) is 9.70. The number of rotatable bonds is 0. The molecule has 126 valence electrons. The van der Waals surface area contributed by atoms with Crippen molar-refractivity contribution in [3.05, 3.63) is 76.9 Å². The fourth-order valence-corrected chi connectivity index (χ4v) is 2.20. The Balaban J connectivity index is 2.24. The summed E-state index contributed by atoms with van der Waals surface area (Å²) in [5.74, 6) is 0. The Kier molecular flexibility index (Phi) is 5.78. The normalized spacial score (nSPS) is 13.5. The first kappa shape index (κ1) is 17.0. The third-order valence-corrected chi connectivity index (χ3v) is 3.42. The van der Waals surface area contributed by atoms with Gasteiger partial charge in [-0.25, -0.2) is 4.99 Å². The lowest BCUT2D eigenvalue weighted by Gasteiger charge is -2.03. The molecular formula is C20H15N5O. The van der Waals surface area contributed by atoms with E-state index in [9.17, 15) is 5.26 Å². The van der Waals surface area contributed by atoms with Crippen LogP contribution in [0.5, 0.6) is 0 Å². The van der Waals surface area contributed by atoms with Gasteiger partial charge in [0.05, 0.1) is 22.9 Å². The summed E-state index contributed by atoms with van der Waals surface area (Å²) in [6.07, 6.45) is 14.7. The fraction of sp³-hybridized carbons (Fsp3) is 0.0500. The van der Waals surface area contributed by atoms with E-state index in [-0.39, 0.29) is 0 Å². The van der Waals surface area contributed by atoms with E-state index in [0.717, 1.165) is 5.22 Å². The molecule has 0 aliphatic carbocycles. The molecule has 26 heavy (non-hydrogen) atoms. The summed E-state index contributed by atoms with van der Waals surface area (Å²) < 4.78 is 5.40. The van der Waals surface area contributed by atoms with Crippen LogP contribution in [0, 0.1) is 11.3 Å². The van der Waals surface area contributed by atoms with Gasteiger partial charge in [-0.1, -0.05) is 18.2 Å². The largest absolute Gasteiger partial charge is 0.497 e. The molecule has 0 bridgehead atoms. The highest BCUT2D eigenvalue weighted by molar-refractivity contribution is 6.16. The van der Waals surface area contributed by atoms with Gasteiger partial charge < -0.3 is 4.74 Å². The predicted octanol–water partition coefficient (Wildman–Crippen LogP) is 2.30. The minimum atomic E-state index is 0.373. The second kappa shape index (κ2) is 8.85. The molecule has 1 aromatic carbocycles. The minimum absolute atomic E-state index is 0.373. The number of hydrogen-bond donors (Lipinski definition) is 0. The molecule has 2 heterocycles. The Morgan fingerprint density at radius 1 is 1.08 bits per heavy atom. The highest BCUT2D eigenvalue weighted by Crippen LogP contribution is 2.23. The Hall–Kier alpha value is -3.85. The van der Waals surface area contributed by atoms with Gasteiger partial charge in [0.15, 0.2) is 0 Å². The summed E-state index contributed by atoms with van der Waals surface area (Å²) in [4.78, 5) is 17.1. The average molecular weight is 341 g/mol. The second-order valence-corrected chi connectivity index (χ2v) is 5.15. The van der Waals surface area contributed by atoms with Gasteiger partial charge >= 0.3 is 0 Å². The summed E-state index contributed by atoms with van der Waals surface area (Å²) in [6.45, 7) is 0.373. The second-order valence-electron chi connectivity index (χ2n) is 5.15. The van der Waals surface area contributed by atoms with Crippen molar-refractivity contribution in [2.75, 3.05) is 6.61 Å². The number of para-hydroxylation sites is 1. The zero-order valence-corrected chi connectivity index (χ0v) is 13.9. The van der Waals surface area contributed by atoms with Gasteiger partial charge in [0, 0.05) is 48.0 Å². The molecule has 2 aromatic rings. The molecule has 1 aliphatic rings. The number of nitriles is 1. The van der Waals surface area contributed by atoms with Crippen molar-refractivity contribution in [3.8, 4) is 6.07 Å². The van der Waals surface area contributed by atoms with Crippen LogP contribution in [0.15, 0.2) is 70.2 Å². The van der Waals surface area contributed by atoms with Crippen LogP contribution in [0.1, 0.15) is 11.1 Å². The lowest BCUT2D eigenvalue weighted by atomic mass is 10.1. The standard InChI is InChI=1S/C20H15N5O/c21-12-18-15-24-14-17-6-11-26-10-3-7-22-8-9-23-13-16-4-1-2-5-19(16)25-20(17)18/h1-9,11,13-15H,10H2. The van der Waals surface area contributed by atoms with Crippen LogP contribution in [0.4, 0.5) is 5.69 Å². The molecule has 0 spiro atoms. The van der Waals surface area contributed by atoms with Gasteiger partial charge in [-0.15, -0.1) is 0 Å². The molecule has 0 radical (unpaired) electrons. The van der Waals surface area contributed by atoms with Crippen molar-refractivity contribution < 1.29 is 4.74 Å². The molecule has 3 rings (SSSR count). The van der Waals surface area contributed by atoms with Crippen LogP contribution in [0.3, 0.4) is 0 Å². The Bertz CT molecular complexity index is 1060. The predicted molar refractivity (Wildman–Crippen MR) is 101 cm³/mol. The highest BCUT2D eigenvalue weighted by atomic mass is 16.5. The van der Waals surface area contributed by atoms with Crippen molar-refractivity contribution in [1.29, 1.82) is 5.26 Å². The minimum Gasteiger partial charge on any atom is -0.497 e. The van der Waals surface area contributed by atoms with E-state index < -0.39 is 0 Å². The number of nitrogens with zero attached hydrogens (tertiary/aromatic N) is 5. The SMILES string of the molecule is N#Cc1cncc2c1N=c1ccccc1=CN=CC=NC=CCOC=C2. The topological polar surface area (TPSA) is 83.0 Å². The van der Waals surface area contributed by atoms with Gasteiger partial charge in [-0.3, -0.25) is 15.0 Å². The highest BCUT2D eigenvalue weighted by Gasteiger charge is 2.06. The number of ether oxygens (including phenoxy) is 1. The van der Waals surface area contributed by atoms with E-state index >= 15 is 0 Å². The Morgan fingerprint density at radius 2 is 1.96 bits per heavy atom. The third kappa shape index (κ3) is 4.36. The van der Waals surface area contributed by atoms with Crippen molar-refractivity contribution >= 4 is 30.4 Å². The van der Waals surface area contributed by atoms with Gasteiger partial charge in [-0.2, -0.15) is 5.26 Å². The molecule has 0 saturated heterocycles. The van der Waals surface area contributed by atoms with Crippen LogP contribution in [-0.2, 0) is 4.74 Å². The number of pyridine rings is 1. The van der Waals surface area contributed by atoms with E-state index in [1.54, 1.807) is 49.4 Å². The van der Waals surface area contributed by atoms with E-state index in [4.69, 9.17) is 4.74 Å².